The number of rotatable bonds is 7. The molecule has 1 amide bonds. The molecule has 0 heterocycles. The van der Waals surface area contributed by atoms with E-state index in [0.717, 1.165) is 17.1 Å². The largest absolute Gasteiger partial charge is 0.480 e. The smallest absolute Gasteiger partial charge is 0.326 e. The third-order valence-electron chi connectivity index (χ3n) is 3.76. The minimum Gasteiger partial charge on any atom is -0.480 e. The number of aliphatic carboxylic acids is 1. The maximum atomic E-state index is 12.1. The van der Waals surface area contributed by atoms with E-state index in [-0.39, 0.29) is 10.5 Å². The normalized spacial score (nSPS) is 16.1. The van der Waals surface area contributed by atoms with Crippen LogP contribution in [0.2, 0.25) is 0 Å². The highest BCUT2D eigenvalue weighted by atomic mass is 32.2. The minimum absolute atomic E-state index is 0.0758. The number of carboxylic acids is 1. The van der Waals surface area contributed by atoms with Gasteiger partial charge in [-0.2, -0.15) is 0 Å². The van der Waals surface area contributed by atoms with Crippen LogP contribution < -0.4 is 5.32 Å². The van der Waals surface area contributed by atoms with Crippen molar-refractivity contribution < 1.29 is 23.1 Å². The molecule has 0 saturated heterocycles. The van der Waals surface area contributed by atoms with Crippen molar-refractivity contribution in [2.45, 2.75) is 30.2 Å². The first-order valence-corrected chi connectivity index (χ1v) is 8.72. The molecule has 0 aromatic heterocycles. The van der Waals surface area contributed by atoms with Crippen molar-refractivity contribution >= 4 is 21.9 Å². The molecule has 0 bridgehead atoms. The van der Waals surface area contributed by atoms with Crippen molar-refractivity contribution in [1.82, 2.24) is 9.62 Å². The van der Waals surface area contributed by atoms with Gasteiger partial charge in [0.15, 0.2) is 0 Å². The lowest BCUT2D eigenvalue weighted by Gasteiger charge is -2.15. The van der Waals surface area contributed by atoms with E-state index in [9.17, 15) is 18.0 Å². The summed E-state index contributed by atoms with van der Waals surface area (Å²) in [6, 6.07) is 4.51. The van der Waals surface area contributed by atoms with Crippen LogP contribution in [0.3, 0.4) is 0 Å². The summed E-state index contributed by atoms with van der Waals surface area (Å²) >= 11 is 0. The summed E-state index contributed by atoms with van der Waals surface area (Å²) in [4.78, 5) is 23.4. The second-order valence-corrected chi connectivity index (χ2v) is 8.01. The molecule has 1 atom stereocenters. The molecule has 2 rings (SSSR count). The number of carbonyl (C=O) groups excluding carboxylic acids is 1. The first kappa shape index (κ1) is 17.4. The molecular weight excluding hydrogens is 320 g/mol. The second kappa shape index (κ2) is 6.67. The lowest BCUT2D eigenvalue weighted by atomic mass is 10.1. The summed E-state index contributed by atoms with van der Waals surface area (Å²) < 4.78 is 25.0. The van der Waals surface area contributed by atoms with E-state index < -0.39 is 27.9 Å². The number of sulfonamides is 1. The Labute approximate surface area is 135 Å². The molecule has 1 saturated carbocycles. The van der Waals surface area contributed by atoms with Crippen molar-refractivity contribution in [3.8, 4) is 0 Å². The average Bonchev–Trinajstić information content (AvgIpc) is 3.30. The van der Waals surface area contributed by atoms with Gasteiger partial charge < -0.3 is 10.4 Å². The Morgan fingerprint density at radius 3 is 2.26 bits per heavy atom. The Morgan fingerprint density at radius 2 is 1.83 bits per heavy atom. The van der Waals surface area contributed by atoms with Crippen LogP contribution in [0.5, 0.6) is 0 Å². The first-order valence-electron chi connectivity index (χ1n) is 7.28. The Hall–Kier alpha value is -1.93. The van der Waals surface area contributed by atoms with Crippen molar-refractivity contribution in [3.63, 3.8) is 0 Å². The standard InChI is InChI=1S/C15H20N2O5S/c1-17(2)23(21,22)12-7-5-11(6-8-12)14(18)16-13(15(19)20)9-10-3-4-10/h5-8,10,13H,3-4,9H2,1-2H3,(H,16,18)(H,19,20). The van der Waals surface area contributed by atoms with Crippen molar-refractivity contribution in [2.75, 3.05) is 14.1 Å². The molecule has 1 aromatic rings. The minimum atomic E-state index is -3.56. The third-order valence-corrected chi connectivity index (χ3v) is 5.59. The van der Waals surface area contributed by atoms with Crippen LogP contribution in [-0.2, 0) is 14.8 Å². The average molecular weight is 340 g/mol. The lowest BCUT2D eigenvalue weighted by molar-refractivity contribution is -0.139. The van der Waals surface area contributed by atoms with Gasteiger partial charge in [-0.25, -0.2) is 17.5 Å². The Morgan fingerprint density at radius 1 is 1.26 bits per heavy atom. The van der Waals surface area contributed by atoms with Crippen LogP contribution >= 0.6 is 0 Å². The molecule has 1 unspecified atom stereocenters. The SMILES string of the molecule is CN(C)S(=O)(=O)c1ccc(C(=O)NC(CC2CC2)C(=O)O)cc1. The molecule has 0 spiro atoms. The molecule has 2 N–H and O–H groups in total. The molecule has 0 radical (unpaired) electrons. The van der Waals surface area contributed by atoms with E-state index in [1.54, 1.807) is 0 Å². The van der Waals surface area contributed by atoms with E-state index in [2.05, 4.69) is 5.32 Å². The summed E-state index contributed by atoms with van der Waals surface area (Å²) in [5.74, 6) is -1.21. The number of carbonyl (C=O) groups is 2. The number of hydrogen-bond donors (Lipinski definition) is 2. The first-order chi connectivity index (χ1) is 10.7. The van der Waals surface area contributed by atoms with Crippen LogP contribution in [0.1, 0.15) is 29.6 Å². The molecule has 1 aromatic carbocycles. The fourth-order valence-electron chi connectivity index (χ4n) is 2.14. The lowest BCUT2D eigenvalue weighted by Crippen LogP contribution is -2.41. The zero-order chi connectivity index (χ0) is 17.2. The van der Waals surface area contributed by atoms with Gasteiger partial charge >= 0.3 is 5.97 Å². The number of benzene rings is 1. The van der Waals surface area contributed by atoms with E-state index in [0.29, 0.717) is 12.3 Å². The van der Waals surface area contributed by atoms with E-state index in [4.69, 9.17) is 5.11 Å². The Bertz CT molecular complexity index is 693. The van der Waals surface area contributed by atoms with Gasteiger partial charge in [0.2, 0.25) is 10.0 Å². The summed E-state index contributed by atoms with van der Waals surface area (Å²) in [5, 5.41) is 11.6. The summed E-state index contributed by atoms with van der Waals surface area (Å²) in [7, 11) is -0.712. The van der Waals surface area contributed by atoms with Gasteiger partial charge in [-0.15, -0.1) is 0 Å². The van der Waals surface area contributed by atoms with Gasteiger partial charge in [-0.05, 0) is 36.6 Å². The second-order valence-electron chi connectivity index (χ2n) is 5.86. The van der Waals surface area contributed by atoms with Gasteiger partial charge in [0.25, 0.3) is 5.91 Å². The van der Waals surface area contributed by atoms with E-state index in [1.165, 1.54) is 38.4 Å². The maximum Gasteiger partial charge on any atom is 0.326 e. The molecule has 1 aliphatic carbocycles. The molecule has 0 aliphatic heterocycles. The van der Waals surface area contributed by atoms with Crippen LogP contribution in [0, 0.1) is 5.92 Å². The number of hydrogen-bond acceptors (Lipinski definition) is 4. The Kier molecular flexibility index (Phi) is 5.06. The zero-order valence-electron chi connectivity index (χ0n) is 13.0. The summed E-state index contributed by atoms with van der Waals surface area (Å²) in [6.07, 6.45) is 2.42. The highest BCUT2D eigenvalue weighted by Crippen LogP contribution is 2.33. The van der Waals surface area contributed by atoms with E-state index in [1.807, 2.05) is 0 Å². The van der Waals surface area contributed by atoms with Crippen molar-refractivity contribution in [3.05, 3.63) is 29.8 Å². The monoisotopic (exact) mass is 340 g/mol. The van der Waals surface area contributed by atoms with Gasteiger partial charge in [0, 0.05) is 19.7 Å². The number of amides is 1. The summed E-state index contributed by atoms with van der Waals surface area (Å²) in [6.45, 7) is 0. The van der Waals surface area contributed by atoms with Crippen LogP contribution in [0.4, 0.5) is 0 Å². The molecule has 23 heavy (non-hydrogen) atoms. The molecular formula is C15H20N2O5S. The highest BCUT2D eigenvalue weighted by Gasteiger charge is 2.30. The van der Waals surface area contributed by atoms with Gasteiger partial charge in [-0.1, -0.05) is 12.8 Å². The predicted octanol–water partition coefficient (Wildman–Crippen LogP) is 0.920. The fourth-order valence-corrected chi connectivity index (χ4v) is 3.04. The number of nitrogens with zero attached hydrogens (tertiary/aromatic N) is 1. The zero-order valence-corrected chi connectivity index (χ0v) is 13.8. The molecule has 126 valence electrons. The van der Waals surface area contributed by atoms with Crippen molar-refractivity contribution in [1.29, 1.82) is 0 Å². The molecule has 1 fully saturated rings. The number of carboxylic acid groups (broad SMARTS) is 1. The quantitative estimate of drug-likeness (QED) is 0.768. The Balaban J connectivity index is 2.09. The molecule has 1 aliphatic rings. The molecule has 7 nitrogen and oxygen atoms in total. The summed E-state index contributed by atoms with van der Waals surface area (Å²) in [5.41, 5.74) is 0.227. The number of nitrogens with one attached hydrogen (secondary N) is 1. The van der Waals surface area contributed by atoms with Crippen molar-refractivity contribution in [2.24, 2.45) is 5.92 Å². The highest BCUT2D eigenvalue weighted by molar-refractivity contribution is 7.89. The van der Waals surface area contributed by atoms with Crippen LogP contribution in [0.15, 0.2) is 29.2 Å². The topological polar surface area (TPSA) is 104 Å². The van der Waals surface area contributed by atoms with Crippen LogP contribution in [-0.4, -0.2) is 49.8 Å². The van der Waals surface area contributed by atoms with Gasteiger partial charge in [-0.3, -0.25) is 4.79 Å². The maximum absolute atomic E-state index is 12.1. The van der Waals surface area contributed by atoms with Gasteiger partial charge in [0.05, 0.1) is 4.90 Å². The molecule has 8 heteroatoms. The van der Waals surface area contributed by atoms with E-state index >= 15 is 0 Å². The fraction of sp³-hybridized carbons (Fsp3) is 0.467. The van der Waals surface area contributed by atoms with Gasteiger partial charge in [0.1, 0.15) is 6.04 Å². The predicted molar refractivity (Wildman–Crippen MR) is 83.5 cm³/mol. The van der Waals surface area contributed by atoms with Crippen LogP contribution in [0.25, 0.3) is 0 Å². The third kappa shape index (κ3) is 4.29.